The molecule has 78 valence electrons. The molecule has 0 aliphatic rings. The van der Waals surface area contributed by atoms with Crippen molar-refractivity contribution in [1.82, 2.24) is 4.98 Å². The van der Waals surface area contributed by atoms with E-state index >= 15 is 0 Å². The van der Waals surface area contributed by atoms with Crippen LogP contribution in [-0.4, -0.2) is 4.98 Å². The lowest BCUT2D eigenvalue weighted by Crippen LogP contribution is -2.12. The van der Waals surface area contributed by atoms with Crippen LogP contribution in [0.5, 0.6) is 0 Å². The fraction of sp³-hybridized carbons (Fsp3) is 0.308. The fourth-order valence-corrected chi connectivity index (χ4v) is 1.57. The van der Waals surface area contributed by atoms with E-state index in [-0.39, 0.29) is 5.41 Å². The summed E-state index contributed by atoms with van der Waals surface area (Å²) in [5, 5.41) is 0. The predicted molar refractivity (Wildman–Crippen MR) is 60.6 cm³/mol. The van der Waals surface area contributed by atoms with Crippen LogP contribution in [0.25, 0.3) is 11.3 Å². The molecule has 0 amide bonds. The van der Waals surface area contributed by atoms with Crippen molar-refractivity contribution in [2.45, 2.75) is 26.2 Å². The molecule has 0 atom stereocenters. The van der Waals surface area contributed by atoms with Crippen LogP contribution in [0.1, 0.15) is 26.5 Å². The second kappa shape index (κ2) is 3.54. The first-order chi connectivity index (χ1) is 7.09. The zero-order chi connectivity index (χ0) is 10.9. The number of nitrogens with zero attached hydrogens (tertiary/aromatic N) is 1. The maximum absolute atomic E-state index is 5.47. The number of benzene rings is 1. The molecule has 0 spiro atoms. The zero-order valence-corrected chi connectivity index (χ0v) is 9.32. The van der Waals surface area contributed by atoms with E-state index in [9.17, 15) is 0 Å². The minimum Gasteiger partial charge on any atom is -0.443 e. The molecule has 0 saturated carbocycles. The second-order valence-corrected chi connectivity index (χ2v) is 4.65. The van der Waals surface area contributed by atoms with Gasteiger partial charge in [-0.2, -0.15) is 0 Å². The van der Waals surface area contributed by atoms with E-state index in [0.29, 0.717) is 0 Å². The van der Waals surface area contributed by atoms with E-state index < -0.39 is 0 Å². The average molecular weight is 201 g/mol. The first kappa shape index (κ1) is 9.97. The van der Waals surface area contributed by atoms with Crippen LogP contribution in [-0.2, 0) is 5.41 Å². The normalized spacial score (nSPS) is 11.7. The van der Waals surface area contributed by atoms with Gasteiger partial charge < -0.3 is 4.42 Å². The van der Waals surface area contributed by atoms with Crippen LogP contribution in [0.4, 0.5) is 0 Å². The Balaban J connectivity index is 2.51. The maximum atomic E-state index is 5.47. The number of hydrogen-bond donors (Lipinski definition) is 0. The highest BCUT2D eigenvalue weighted by molar-refractivity contribution is 5.60. The van der Waals surface area contributed by atoms with Crippen LogP contribution in [0, 0.1) is 0 Å². The van der Waals surface area contributed by atoms with Gasteiger partial charge in [0.2, 0.25) is 0 Å². The molecule has 2 aromatic rings. The van der Waals surface area contributed by atoms with E-state index in [1.54, 1.807) is 0 Å². The van der Waals surface area contributed by atoms with E-state index in [1.807, 2.05) is 30.3 Å². The molecule has 2 rings (SSSR count). The van der Waals surface area contributed by atoms with E-state index in [4.69, 9.17) is 4.42 Å². The summed E-state index contributed by atoms with van der Waals surface area (Å²) < 4.78 is 5.47. The smallest absolute Gasteiger partial charge is 0.181 e. The van der Waals surface area contributed by atoms with Gasteiger partial charge in [-0.05, 0) is 0 Å². The van der Waals surface area contributed by atoms with Gasteiger partial charge in [-0.1, -0.05) is 51.1 Å². The molecule has 0 unspecified atom stereocenters. The minimum absolute atomic E-state index is 0.0121. The summed E-state index contributed by atoms with van der Waals surface area (Å²) in [7, 11) is 0. The molecule has 1 aromatic heterocycles. The lowest BCUT2D eigenvalue weighted by molar-refractivity contribution is 0.550. The Morgan fingerprint density at radius 1 is 1.07 bits per heavy atom. The van der Waals surface area contributed by atoms with Gasteiger partial charge in [0.15, 0.2) is 12.2 Å². The summed E-state index contributed by atoms with van der Waals surface area (Å²) in [6.07, 6.45) is 1.52. The van der Waals surface area contributed by atoms with Gasteiger partial charge in [0.25, 0.3) is 0 Å². The first-order valence-corrected chi connectivity index (χ1v) is 5.08. The number of hydrogen-bond acceptors (Lipinski definition) is 2. The topological polar surface area (TPSA) is 26.0 Å². The van der Waals surface area contributed by atoms with Crippen molar-refractivity contribution in [3.8, 4) is 11.3 Å². The van der Waals surface area contributed by atoms with E-state index in [2.05, 4.69) is 25.8 Å². The van der Waals surface area contributed by atoms with E-state index in [0.717, 1.165) is 17.0 Å². The molecule has 0 aliphatic heterocycles. The predicted octanol–water partition coefficient (Wildman–Crippen LogP) is 3.64. The molecule has 15 heavy (non-hydrogen) atoms. The Hall–Kier alpha value is -1.57. The SMILES string of the molecule is CC(C)(C)c1ncoc1-c1ccccc1. The van der Waals surface area contributed by atoms with Crippen molar-refractivity contribution in [2.75, 3.05) is 0 Å². The second-order valence-electron chi connectivity index (χ2n) is 4.65. The standard InChI is InChI=1S/C13H15NO/c1-13(2,3)12-11(15-9-14-12)10-7-5-4-6-8-10/h4-9H,1-3H3. The van der Waals surface area contributed by atoms with Crippen LogP contribution >= 0.6 is 0 Å². The molecule has 0 bridgehead atoms. The highest BCUT2D eigenvalue weighted by Gasteiger charge is 2.22. The van der Waals surface area contributed by atoms with E-state index in [1.165, 1.54) is 6.39 Å². The van der Waals surface area contributed by atoms with Crippen molar-refractivity contribution in [2.24, 2.45) is 0 Å². The third kappa shape index (κ3) is 1.94. The van der Waals surface area contributed by atoms with Crippen LogP contribution in [0.2, 0.25) is 0 Å². The van der Waals surface area contributed by atoms with Gasteiger partial charge in [0.05, 0.1) is 5.69 Å². The molecule has 2 heteroatoms. The summed E-state index contributed by atoms with van der Waals surface area (Å²) in [4.78, 5) is 4.30. The van der Waals surface area contributed by atoms with Crippen molar-refractivity contribution in [3.05, 3.63) is 42.4 Å². The highest BCUT2D eigenvalue weighted by Crippen LogP contribution is 2.31. The Labute approximate surface area is 90.0 Å². The largest absolute Gasteiger partial charge is 0.443 e. The Morgan fingerprint density at radius 3 is 2.33 bits per heavy atom. The van der Waals surface area contributed by atoms with Crippen molar-refractivity contribution in [3.63, 3.8) is 0 Å². The van der Waals surface area contributed by atoms with Gasteiger partial charge in [0.1, 0.15) is 0 Å². The summed E-state index contributed by atoms with van der Waals surface area (Å²) in [5.74, 6) is 0.878. The Kier molecular flexibility index (Phi) is 2.35. The summed E-state index contributed by atoms with van der Waals surface area (Å²) in [6, 6.07) is 10.1. The molecule has 0 aliphatic carbocycles. The molecule has 0 radical (unpaired) electrons. The molecule has 1 aromatic carbocycles. The van der Waals surface area contributed by atoms with Crippen LogP contribution in [0.3, 0.4) is 0 Å². The molecule has 1 heterocycles. The average Bonchev–Trinajstić information content (AvgIpc) is 2.67. The van der Waals surface area contributed by atoms with Gasteiger partial charge >= 0.3 is 0 Å². The van der Waals surface area contributed by atoms with Gasteiger partial charge in [-0.25, -0.2) is 4.98 Å². The van der Waals surface area contributed by atoms with Gasteiger partial charge in [-0.3, -0.25) is 0 Å². The molecule has 2 nitrogen and oxygen atoms in total. The lowest BCUT2D eigenvalue weighted by atomic mass is 9.89. The van der Waals surface area contributed by atoms with Crippen molar-refractivity contribution < 1.29 is 4.42 Å². The quantitative estimate of drug-likeness (QED) is 0.704. The van der Waals surface area contributed by atoms with Crippen molar-refractivity contribution >= 4 is 0 Å². The monoisotopic (exact) mass is 201 g/mol. The molecular formula is C13H15NO. The number of rotatable bonds is 1. The summed E-state index contributed by atoms with van der Waals surface area (Å²) in [6.45, 7) is 6.41. The molecule has 0 N–H and O–H groups in total. The van der Waals surface area contributed by atoms with Gasteiger partial charge in [0, 0.05) is 11.0 Å². The Bertz CT molecular complexity index is 437. The Morgan fingerprint density at radius 2 is 1.73 bits per heavy atom. The van der Waals surface area contributed by atoms with Crippen LogP contribution in [0.15, 0.2) is 41.1 Å². The fourth-order valence-electron chi connectivity index (χ4n) is 1.57. The highest BCUT2D eigenvalue weighted by atomic mass is 16.3. The third-order valence-electron chi connectivity index (χ3n) is 2.31. The summed E-state index contributed by atoms with van der Waals surface area (Å²) >= 11 is 0. The minimum atomic E-state index is 0.0121. The maximum Gasteiger partial charge on any atom is 0.181 e. The van der Waals surface area contributed by atoms with Crippen molar-refractivity contribution in [1.29, 1.82) is 0 Å². The number of oxazole rings is 1. The zero-order valence-electron chi connectivity index (χ0n) is 9.32. The third-order valence-corrected chi connectivity index (χ3v) is 2.31. The molecule has 0 saturated heterocycles. The first-order valence-electron chi connectivity index (χ1n) is 5.08. The lowest BCUT2D eigenvalue weighted by Gasteiger charge is -2.16. The molecule has 0 fully saturated rings. The summed E-state index contributed by atoms with van der Waals surface area (Å²) in [5.41, 5.74) is 2.10. The van der Waals surface area contributed by atoms with Crippen LogP contribution < -0.4 is 0 Å². The molecular weight excluding hydrogens is 186 g/mol. The number of aromatic nitrogens is 1. The van der Waals surface area contributed by atoms with Gasteiger partial charge in [-0.15, -0.1) is 0 Å².